The monoisotopic (exact) mass is 271 g/mol. The topological polar surface area (TPSA) is 47.6 Å². The van der Waals surface area contributed by atoms with Gasteiger partial charge in [0, 0.05) is 0 Å². The van der Waals surface area contributed by atoms with E-state index in [1.54, 1.807) is 7.11 Å². The van der Waals surface area contributed by atoms with Crippen LogP contribution < -0.4 is 10.1 Å². The van der Waals surface area contributed by atoms with E-state index in [0.717, 1.165) is 11.3 Å². The van der Waals surface area contributed by atoms with Crippen molar-refractivity contribution >= 4 is 11.7 Å². The maximum atomic E-state index is 12.0. The molecule has 4 heteroatoms. The number of benzene rings is 2. The second kappa shape index (κ2) is 6.61. The van der Waals surface area contributed by atoms with Crippen LogP contribution >= 0.6 is 0 Å². The summed E-state index contributed by atoms with van der Waals surface area (Å²) in [5, 5.41) is 3.17. The molecule has 0 bridgehead atoms. The first-order valence-electron chi connectivity index (χ1n) is 6.28. The molecule has 1 N–H and O–H groups in total. The van der Waals surface area contributed by atoms with Gasteiger partial charge in [0.05, 0.1) is 19.9 Å². The van der Waals surface area contributed by atoms with Gasteiger partial charge in [0.25, 0.3) is 0 Å². The van der Waals surface area contributed by atoms with E-state index in [4.69, 9.17) is 9.47 Å². The molecule has 0 aliphatic carbocycles. The first-order chi connectivity index (χ1) is 9.76. The standard InChI is InChI=1S/C16H17NO3/c1-19-14-11-7-6-10-13(14)17-15(16(18)20-2)12-8-4-3-5-9-12/h3-11,15,17H,1-2H3. The van der Waals surface area contributed by atoms with Gasteiger partial charge >= 0.3 is 5.97 Å². The number of rotatable bonds is 5. The third-order valence-corrected chi connectivity index (χ3v) is 2.98. The van der Waals surface area contributed by atoms with Gasteiger partial charge in [0.2, 0.25) is 0 Å². The minimum absolute atomic E-state index is 0.345. The highest BCUT2D eigenvalue weighted by Crippen LogP contribution is 2.28. The number of esters is 1. The molecule has 2 aromatic carbocycles. The van der Waals surface area contributed by atoms with Crippen LogP contribution in [0.3, 0.4) is 0 Å². The second-order valence-corrected chi connectivity index (χ2v) is 4.21. The summed E-state index contributed by atoms with van der Waals surface area (Å²) in [6.45, 7) is 0. The molecule has 0 heterocycles. The molecule has 0 fully saturated rings. The SMILES string of the molecule is COC(=O)C(Nc1ccccc1OC)c1ccccc1. The molecule has 0 aliphatic heterocycles. The molecule has 0 spiro atoms. The highest BCUT2D eigenvalue weighted by atomic mass is 16.5. The maximum absolute atomic E-state index is 12.0. The zero-order chi connectivity index (χ0) is 14.4. The molecule has 0 radical (unpaired) electrons. The molecule has 1 unspecified atom stereocenters. The number of carbonyl (C=O) groups is 1. The van der Waals surface area contributed by atoms with Crippen LogP contribution in [-0.4, -0.2) is 20.2 Å². The predicted octanol–water partition coefficient (Wildman–Crippen LogP) is 3.02. The van der Waals surface area contributed by atoms with E-state index in [1.165, 1.54) is 7.11 Å². The Morgan fingerprint density at radius 2 is 1.65 bits per heavy atom. The van der Waals surface area contributed by atoms with Crippen LogP contribution in [0, 0.1) is 0 Å². The van der Waals surface area contributed by atoms with Gasteiger partial charge in [-0.3, -0.25) is 0 Å². The lowest BCUT2D eigenvalue weighted by Gasteiger charge is -2.19. The first kappa shape index (κ1) is 13.9. The van der Waals surface area contributed by atoms with Gasteiger partial charge in [-0.1, -0.05) is 42.5 Å². The molecule has 0 amide bonds. The Balaban J connectivity index is 2.31. The van der Waals surface area contributed by atoms with E-state index in [1.807, 2.05) is 54.6 Å². The van der Waals surface area contributed by atoms with Crippen molar-refractivity contribution in [3.05, 3.63) is 60.2 Å². The van der Waals surface area contributed by atoms with Gasteiger partial charge < -0.3 is 14.8 Å². The van der Waals surface area contributed by atoms with Crippen LogP contribution in [0.2, 0.25) is 0 Å². The number of para-hydroxylation sites is 2. The number of anilines is 1. The smallest absolute Gasteiger partial charge is 0.332 e. The summed E-state index contributed by atoms with van der Waals surface area (Å²) < 4.78 is 10.2. The van der Waals surface area contributed by atoms with Crippen molar-refractivity contribution in [2.24, 2.45) is 0 Å². The zero-order valence-electron chi connectivity index (χ0n) is 11.5. The highest BCUT2D eigenvalue weighted by molar-refractivity contribution is 5.81. The van der Waals surface area contributed by atoms with Crippen LogP contribution in [0.1, 0.15) is 11.6 Å². The molecule has 0 aromatic heterocycles. The summed E-state index contributed by atoms with van der Waals surface area (Å²) in [4.78, 5) is 12.0. The van der Waals surface area contributed by atoms with Gasteiger partial charge in [0.1, 0.15) is 5.75 Å². The van der Waals surface area contributed by atoms with E-state index in [9.17, 15) is 4.79 Å². The van der Waals surface area contributed by atoms with Crippen molar-refractivity contribution in [2.75, 3.05) is 19.5 Å². The normalized spacial score (nSPS) is 11.5. The quantitative estimate of drug-likeness (QED) is 0.849. The van der Waals surface area contributed by atoms with Gasteiger partial charge in [-0.2, -0.15) is 0 Å². The highest BCUT2D eigenvalue weighted by Gasteiger charge is 2.22. The molecule has 104 valence electrons. The van der Waals surface area contributed by atoms with E-state index in [-0.39, 0.29) is 5.97 Å². The lowest BCUT2D eigenvalue weighted by atomic mass is 10.1. The third-order valence-electron chi connectivity index (χ3n) is 2.98. The van der Waals surface area contributed by atoms with Gasteiger partial charge in [0.15, 0.2) is 6.04 Å². The maximum Gasteiger partial charge on any atom is 0.332 e. The van der Waals surface area contributed by atoms with Crippen molar-refractivity contribution in [3.8, 4) is 5.75 Å². The Labute approximate surface area is 118 Å². The molecule has 0 saturated heterocycles. The summed E-state index contributed by atoms with van der Waals surface area (Å²) in [6.07, 6.45) is 0. The predicted molar refractivity (Wildman–Crippen MR) is 77.8 cm³/mol. The number of methoxy groups -OCH3 is 2. The van der Waals surface area contributed by atoms with E-state index < -0.39 is 6.04 Å². The molecule has 4 nitrogen and oxygen atoms in total. The van der Waals surface area contributed by atoms with Crippen molar-refractivity contribution in [1.29, 1.82) is 0 Å². The minimum atomic E-state index is -0.572. The van der Waals surface area contributed by atoms with Gasteiger partial charge in [-0.15, -0.1) is 0 Å². The number of ether oxygens (including phenoxy) is 2. The molecule has 1 atom stereocenters. The Kier molecular flexibility index (Phi) is 4.60. The van der Waals surface area contributed by atoms with Crippen LogP contribution in [0.4, 0.5) is 5.69 Å². The van der Waals surface area contributed by atoms with Crippen LogP contribution in [0.15, 0.2) is 54.6 Å². The van der Waals surface area contributed by atoms with Crippen molar-refractivity contribution in [2.45, 2.75) is 6.04 Å². The molecule has 0 saturated carbocycles. The minimum Gasteiger partial charge on any atom is -0.495 e. The summed E-state index contributed by atoms with van der Waals surface area (Å²) >= 11 is 0. The first-order valence-corrected chi connectivity index (χ1v) is 6.28. The molecule has 2 aromatic rings. The van der Waals surface area contributed by atoms with Crippen molar-refractivity contribution < 1.29 is 14.3 Å². The Hall–Kier alpha value is -2.49. The summed E-state index contributed by atoms with van der Waals surface area (Å²) in [5.74, 6) is 0.333. The second-order valence-electron chi connectivity index (χ2n) is 4.21. The number of nitrogens with one attached hydrogen (secondary N) is 1. The number of hydrogen-bond acceptors (Lipinski definition) is 4. The van der Waals surface area contributed by atoms with E-state index >= 15 is 0 Å². The summed E-state index contributed by atoms with van der Waals surface area (Å²) in [6, 6.07) is 16.3. The van der Waals surface area contributed by atoms with Gasteiger partial charge in [-0.25, -0.2) is 4.79 Å². The average molecular weight is 271 g/mol. The van der Waals surface area contributed by atoms with Gasteiger partial charge in [-0.05, 0) is 17.7 Å². The summed E-state index contributed by atoms with van der Waals surface area (Å²) in [7, 11) is 2.97. The van der Waals surface area contributed by atoms with Crippen LogP contribution in [-0.2, 0) is 9.53 Å². The fraction of sp³-hybridized carbons (Fsp3) is 0.188. The molecule has 2 rings (SSSR count). The Bertz CT molecular complexity index is 569. The molecule has 0 aliphatic rings. The largest absolute Gasteiger partial charge is 0.495 e. The van der Waals surface area contributed by atoms with Crippen LogP contribution in [0.25, 0.3) is 0 Å². The molecular weight excluding hydrogens is 254 g/mol. The van der Waals surface area contributed by atoms with E-state index in [2.05, 4.69) is 5.32 Å². The molecule has 20 heavy (non-hydrogen) atoms. The lowest BCUT2D eigenvalue weighted by Crippen LogP contribution is -2.22. The molecular formula is C16H17NO3. The average Bonchev–Trinajstić information content (AvgIpc) is 2.53. The number of hydrogen-bond donors (Lipinski definition) is 1. The van der Waals surface area contributed by atoms with E-state index in [0.29, 0.717) is 5.75 Å². The van der Waals surface area contributed by atoms with Crippen molar-refractivity contribution in [3.63, 3.8) is 0 Å². The number of carbonyl (C=O) groups excluding carboxylic acids is 1. The van der Waals surface area contributed by atoms with Crippen LogP contribution in [0.5, 0.6) is 5.75 Å². The zero-order valence-corrected chi connectivity index (χ0v) is 11.5. The fourth-order valence-corrected chi connectivity index (χ4v) is 1.96. The Morgan fingerprint density at radius 3 is 2.30 bits per heavy atom. The lowest BCUT2D eigenvalue weighted by molar-refractivity contribution is -0.141. The van der Waals surface area contributed by atoms with Crippen molar-refractivity contribution in [1.82, 2.24) is 0 Å². The third kappa shape index (κ3) is 3.09. The summed E-state index contributed by atoms with van der Waals surface area (Å²) in [5.41, 5.74) is 1.58. The fourth-order valence-electron chi connectivity index (χ4n) is 1.96. The Morgan fingerprint density at radius 1 is 1.00 bits per heavy atom.